The van der Waals surface area contributed by atoms with E-state index in [2.05, 4.69) is 34.0 Å². The fourth-order valence-electron chi connectivity index (χ4n) is 6.23. The Morgan fingerprint density at radius 3 is 2.76 bits per heavy atom. The molecule has 9 nitrogen and oxygen atoms in total. The summed E-state index contributed by atoms with van der Waals surface area (Å²) in [6.07, 6.45) is 11.7. The van der Waals surface area contributed by atoms with E-state index in [9.17, 15) is 4.79 Å². The van der Waals surface area contributed by atoms with Crippen LogP contribution in [0, 0.1) is 0 Å². The molecule has 2 fully saturated rings. The summed E-state index contributed by atoms with van der Waals surface area (Å²) in [6.45, 7) is 3.17. The van der Waals surface area contributed by atoms with Gasteiger partial charge in [-0.2, -0.15) is 4.98 Å². The molecule has 0 radical (unpaired) electrons. The molecule has 1 aliphatic heterocycles. The van der Waals surface area contributed by atoms with Gasteiger partial charge in [-0.25, -0.2) is 15.0 Å². The van der Waals surface area contributed by atoms with E-state index < -0.39 is 5.41 Å². The van der Waals surface area contributed by atoms with Gasteiger partial charge in [-0.05, 0) is 83.3 Å². The van der Waals surface area contributed by atoms with Crippen LogP contribution in [-0.2, 0) is 16.6 Å². The lowest BCUT2D eigenvalue weighted by Gasteiger charge is -2.37. The first kappa shape index (κ1) is 24.5. The molecule has 2 aliphatic carbocycles. The van der Waals surface area contributed by atoms with Gasteiger partial charge in [0.25, 0.3) is 0 Å². The number of nitrogens with zero attached hydrogens (tertiary/aromatic N) is 6. The predicted octanol–water partition coefficient (Wildman–Crippen LogP) is 4.65. The van der Waals surface area contributed by atoms with Crippen molar-refractivity contribution in [3.8, 4) is 17.5 Å². The number of Topliss-reactive ketones (excluding diaryl/α,β-unsaturated/α-hetero) is 1. The van der Waals surface area contributed by atoms with Gasteiger partial charge in [-0.3, -0.25) is 9.69 Å². The van der Waals surface area contributed by atoms with E-state index in [0.717, 1.165) is 62.7 Å². The third-order valence-corrected chi connectivity index (χ3v) is 8.92. The molecular formula is C27H32N6O3S. The molecule has 0 unspecified atom stereocenters. The van der Waals surface area contributed by atoms with Gasteiger partial charge in [0.1, 0.15) is 22.6 Å². The van der Waals surface area contributed by atoms with Crippen molar-refractivity contribution in [2.75, 3.05) is 13.6 Å². The topological polar surface area (TPSA) is 107 Å². The molecule has 1 saturated heterocycles. The maximum atomic E-state index is 13.1. The van der Waals surface area contributed by atoms with Crippen molar-refractivity contribution in [3.05, 3.63) is 35.8 Å². The van der Waals surface area contributed by atoms with Gasteiger partial charge >= 0.3 is 0 Å². The Morgan fingerprint density at radius 1 is 1.14 bits per heavy atom. The second-order valence-corrected chi connectivity index (χ2v) is 11.4. The number of carbonyl (C=O) groups excluding carboxylic acids is 1. The van der Waals surface area contributed by atoms with Crippen LogP contribution in [0.4, 0.5) is 0 Å². The highest BCUT2D eigenvalue weighted by molar-refractivity contribution is 7.99. The second kappa shape index (κ2) is 10.1. The normalized spacial score (nSPS) is 24.8. The predicted molar refractivity (Wildman–Crippen MR) is 138 cm³/mol. The Bertz CT molecular complexity index is 1280. The molecule has 3 aromatic rings. The van der Waals surface area contributed by atoms with Gasteiger partial charge in [0, 0.05) is 36.5 Å². The van der Waals surface area contributed by atoms with Crippen molar-refractivity contribution >= 4 is 17.5 Å². The Morgan fingerprint density at radius 2 is 1.97 bits per heavy atom. The minimum Gasteiger partial charge on any atom is -0.473 e. The average Bonchev–Trinajstić information content (AvgIpc) is 3.53. The minimum absolute atomic E-state index is 0.0344. The van der Waals surface area contributed by atoms with Gasteiger partial charge in [-0.1, -0.05) is 11.6 Å². The van der Waals surface area contributed by atoms with Gasteiger partial charge in [0.05, 0.1) is 5.41 Å². The fraction of sp³-hybridized carbons (Fsp3) is 0.556. The van der Waals surface area contributed by atoms with Crippen LogP contribution < -0.4 is 4.74 Å². The summed E-state index contributed by atoms with van der Waals surface area (Å²) in [5.74, 6) is 1.75. The molecule has 1 saturated carbocycles. The molecule has 0 aromatic carbocycles. The second-order valence-electron chi connectivity index (χ2n) is 10.4. The monoisotopic (exact) mass is 520 g/mol. The van der Waals surface area contributed by atoms with Crippen LogP contribution in [0.5, 0.6) is 5.88 Å². The molecule has 0 bridgehead atoms. The molecule has 0 amide bonds. The molecule has 6 rings (SSSR count). The zero-order chi connectivity index (χ0) is 25.4. The summed E-state index contributed by atoms with van der Waals surface area (Å²) < 4.78 is 12.3. The third kappa shape index (κ3) is 4.65. The third-order valence-electron chi connectivity index (χ3n) is 8.11. The van der Waals surface area contributed by atoms with E-state index in [-0.39, 0.29) is 6.10 Å². The molecule has 4 heterocycles. The first-order valence-corrected chi connectivity index (χ1v) is 14.1. The lowest BCUT2D eigenvalue weighted by atomic mass is 9.64. The van der Waals surface area contributed by atoms with Gasteiger partial charge in [0.2, 0.25) is 17.5 Å². The number of ether oxygens (including phenoxy) is 1. The summed E-state index contributed by atoms with van der Waals surface area (Å²) in [6, 6.07) is 3.96. The van der Waals surface area contributed by atoms with Crippen LogP contribution in [0.25, 0.3) is 11.6 Å². The molecule has 0 N–H and O–H groups in total. The van der Waals surface area contributed by atoms with Crippen LogP contribution in [0.3, 0.4) is 0 Å². The highest BCUT2D eigenvalue weighted by Crippen LogP contribution is 2.47. The Kier molecular flexibility index (Phi) is 6.71. The first-order chi connectivity index (χ1) is 18.0. The average molecular weight is 521 g/mol. The number of fused-ring (bicyclic) bond motifs is 2. The van der Waals surface area contributed by atoms with Crippen LogP contribution in [0.15, 0.2) is 39.2 Å². The Hall–Kier alpha value is -2.85. The summed E-state index contributed by atoms with van der Waals surface area (Å²) in [4.78, 5) is 33.7. The van der Waals surface area contributed by atoms with Crippen molar-refractivity contribution in [1.29, 1.82) is 0 Å². The molecule has 3 atom stereocenters. The molecule has 10 heteroatoms. The number of carbonyl (C=O) groups is 1. The highest BCUT2D eigenvalue weighted by Gasteiger charge is 2.48. The number of hydrogen-bond donors (Lipinski definition) is 0. The van der Waals surface area contributed by atoms with E-state index in [1.807, 2.05) is 6.07 Å². The minimum atomic E-state index is -0.515. The maximum absolute atomic E-state index is 13.1. The smallest absolute Gasteiger partial charge is 0.218 e. The quantitative estimate of drug-likeness (QED) is 0.337. The molecular weight excluding hydrogens is 488 g/mol. The SMILES string of the molecule is C[C@H](Oc1cc(Sc2ncccn2)nc(-c2onc3c2CCC[C@@]32CCCCC2=O)n1)[C@@H]1CCCN1C. The van der Waals surface area contributed by atoms with E-state index >= 15 is 0 Å². The maximum Gasteiger partial charge on any atom is 0.218 e. The largest absolute Gasteiger partial charge is 0.473 e. The summed E-state index contributed by atoms with van der Waals surface area (Å²) in [7, 11) is 2.14. The van der Waals surface area contributed by atoms with Crippen LogP contribution in [0.2, 0.25) is 0 Å². The van der Waals surface area contributed by atoms with Gasteiger partial charge in [0.15, 0.2) is 5.16 Å². The molecule has 3 aromatic heterocycles. The highest BCUT2D eigenvalue weighted by atomic mass is 32.2. The zero-order valence-electron chi connectivity index (χ0n) is 21.4. The van der Waals surface area contributed by atoms with E-state index in [4.69, 9.17) is 19.2 Å². The molecule has 1 spiro atoms. The number of ketones is 1. The summed E-state index contributed by atoms with van der Waals surface area (Å²) >= 11 is 1.35. The number of likely N-dealkylation sites (N-methyl/N-ethyl adjacent to an activating group) is 1. The van der Waals surface area contributed by atoms with Crippen molar-refractivity contribution < 1.29 is 14.1 Å². The summed E-state index contributed by atoms with van der Waals surface area (Å²) in [5.41, 5.74) is 1.25. The van der Waals surface area contributed by atoms with E-state index in [0.29, 0.717) is 45.9 Å². The number of rotatable bonds is 6. The summed E-state index contributed by atoms with van der Waals surface area (Å²) in [5, 5.41) is 5.74. The Labute approximate surface area is 220 Å². The Balaban J connectivity index is 1.38. The zero-order valence-corrected chi connectivity index (χ0v) is 22.2. The van der Waals surface area contributed by atoms with E-state index in [1.165, 1.54) is 18.2 Å². The number of likely N-dealkylation sites (tertiary alicyclic amines) is 1. The fourth-order valence-corrected chi connectivity index (χ4v) is 6.94. The standard InChI is InChI=1S/C27H32N6O3S/c1-17(19-9-6-15-33(19)2)35-21-16-22(37-26-28-13-7-14-29-26)31-25(30-21)23-18-8-5-12-27(24(18)32-36-23)11-4-3-10-20(27)34/h7,13-14,16-17,19H,3-6,8-12,15H2,1-2H3/t17-,19-,27+/m0/s1. The van der Waals surface area contributed by atoms with Crippen molar-refractivity contribution in [2.24, 2.45) is 0 Å². The van der Waals surface area contributed by atoms with Gasteiger partial charge < -0.3 is 9.26 Å². The first-order valence-electron chi connectivity index (χ1n) is 13.3. The van der Waals surface area contributed by atoms with Crippen molar-refractivity contribution in [2.45, 2.75) is 92.5 Å². The van der Waals surface area contributed by atoms with Crippen LogP contribution in [0.1, 0.15) is 69.5 Å². The molecule has 194 valence electrons. The van der Waals surface area contributed by atoms with E-state index in [1.54, 1.807) is 18.5 Å². The van der Waals surface area contributed by atoms with Crippen molar-refractivity contribution in [1.82, 2.24) is 30.0 Å². The van der Waals surface area contributed by atoms with Crippen LogP contribution in [-0.4, -0.2) is 61.5 Å². The molecule has 37 heavy (non-hydrogen) atoms. The van der Waals surface area contributed by atoms with Crippen LogP contribution >= 0.6 is 11.8 Å². The number of hydrogen-bond acceptors (Lipinski definition) is 10. The lowest BCUT2D eigenvalue weighted by Crippen LogP contribution is -2.41. The number of aromatic nitrogens is 5. The van der Waals surface area contributed by atoms with Gasteiger partial charge in [-0.15, -0.1) is 0 Å². The van der Waals surface area contributed by atoms with Crippen molar-refractivity contribution in [3.63, 3.8) is 0 Å². The molecule has 3 aliphatic rings. The lowest BCUT2D eigenvalue weighted by molar-refractivity contribution is -0.127.